The van der Waals surface area contributed by atoms with Crippen molar-refractivity contribution >= 4 is 11.6 Å². The molecule has 1 spiro atoms. The van der Waals surface area contributed by atoms with Gasteiger partial charge in [-0.2, -0.15) is 0 Å². The lowest BCUT2D eigenvalue weighted by molar-refractivity contribution is -0.104. The molecule has 2 fully saturated rings. The van der Waals surface area contributed by atoms with Gasteiger partial charge in [0.15, 0.2) is 0 Å². The first-order chi connectivity index (χ1) is 14.5. The Balaban J connectivity index is 1.41. The van der Waals surface area contributed by atoms with Crippen molar-refractivity contribution in [1.82, 2.24) is 10.3 Å². The summed E-state index contributed by atoms with van der Waals surface area (Å²) in [6, 6.07) is 9.52. The smallest absolute Gasteiger partial charge is 0.141 e. The maximum atomic E-state index is 13.5. The molecule has 4 rings (SSSR count). The lowest BCUT2D eigenvalue weighted by Gasteiger charge is -2.46. The number of hydrogen-bond donors (Lipinski definition) is 1. The third-order valence-electron chi connectivity index (χ3n) is 7.14. The topological polar surface area (TPSA) is 34.2 Å². The van der Waals surface area contributed by atoms with Gasteiger partial charge in [0, 0.05) is 29.3 Å². The fourth-order valence-corrected chi connectivity index (χ4v) is 5.62. The lowest BCUT2D eigenvalue weighted by Crippen LogP contribution is -2.46. The average molecular weight is 431 g/mol. The summed E-state index contributed by atoms with van der Waals surface area (Å²) in [6.07, 6.45) is 10.2. The monoisotopic (exact) mass is 430 g/mol. The van der Waals surface area contributed by atoms with Crippen LogP contribution in [0, 0.1) is 12.7 Å². The highest BCUT2D eigenvalue weighted by molar-refractivity contribution is 6.31. The molecule has 1 saturated heterocycles. The lowest BCUT2D eigenvalue weighted by atomic mass is 9.67. The fourth-order valence-electron chi connectivity index (χ4n) is 5.43. The Morgan fingerprint density at radius 1 is 1.17 bits per heavy atom. The van der Waals surface area contributed by atoms with Crippen molar-refractivity contribution in [2.75, 3.05) is 13.2 Å². The van der Waals surface area contributed by atoms with E-state index in [1.807, 2.05) is 18.2 Å². The molecule has 5 heteroatoms. The highest BCUT2D eigenvalue weighted by atomic mass is 35.5. The minimum absolute atomic E-state index is 0.000353. The molecule has 1 aliphatic carbocycles. The Bertz CT molecular complexity index is 851. The van der Waals surface area contributed by atoms with Gasteiger partial charge in [0.2, 0.25) is 0 Å². The standard InChI is InChI=1S/C25H32ClFN2O/c1-19-20(6-4-7-22(19)26)16-28-14-5-10-24(23-9-8-21(27)17-29-23)13-15-30-25(18-24)11-2-3-12-25/h4,6-9,17,28H,2-3,5,10-16,18H2,1H3. The summed E-state index contributed by atoms with van der Waals surface area (Å²) in [5, 5.41) is 4.40. The second-order valence-electron chi connectivity index (χ2n) is 9.11. The van der Waals surface area contributed by atoms with Crippen LogP contribution in [0.3, 0.4) is 0 Å². The molecule has 1 aromatic carbocycles. The van der Waals surface area contributed by atoms with E-state index in [2.05, 4.69) is 23.3 Å². The van der Waals surface area contributed by atoms with E-state index in [0.29, 0.717) is 0 Å². The van der Waals surface area contributed by atoms with Crippen LogP contribution in [0.2, 0.25) is 5.02 Å². The Labute approximate surface area is 184 Å². The quantitative estimate of drug-likeness (QED) is 0.538. The van der Waals surface area contributed by atoms with Gasteiger partial charge < -0.3 is 10.1 Å². The van der Waals surface area contributed by atoms with E-state index in [-0.39, 0.29) is 16.8 Å². The fraction of sp³-hybridized carbons (Fsp3) is 0.560. The van der Waals surface area contributed by atoms with Gasteiger partial charge in [-0.25, -0.2) is 4.39 Å². The second-order valence-corrected chi connectivity index (χ2v) is 9.52. The second kappa shape index (κ2) is 9.33. The summed E-state index contributed by atoms with van der Waals surface area (Å²) in [7, 11) is 0. The Kier molecular flexibility index (Phi) is 6.76. The zero-order valence-electron chi connectivity index (χ0n) is 17.9. The zero-order chi connectivity index (χ0) is 21.0. The Morgan fingerprint density at radius 3 is 2.77 bits per heavy atom. The van der Waals surface area contributed by atoms with Gasteiger partial charge in [0.1, 0.15) is 5.82 Å². The van der Waals surface area contributed by atoms with Crippen molar-refractivity contribution in [1.29, 1.82) is 0 Å². The van der Waals surface area contributed by atoms with E-state index in [4.69, 9.17) is 16.3 Å². The zero-order valence-corrected chi connectivity index (χ0v) is 18.6. The van der Waals surface area contributed by atoms with Gasteiger partial charge in [0.05, 0.1) is 11.8 Å². The number of benzene rings is 1. The van der Waals surface area contributed by atoms with Gasteiger partial charge in [-0.3, -0.25) is 4.98 Å². The van der Waals surface area contributed by atoms with Gasteiger partial charge in [0.25, 0.3) is 0 Å². The van der Waals surface area contributed by atoms with E-state index in [9.17, 15) is 4.39 Å². The minimum atomic E-state index is -0.268. The summed E-state index contributed by atoms with van der Waals surface area (Å²) < 4.78 is 19.8. The van der Waals surface area contributed by atoms with Gasteiger partial charge in [-0.15, -0.1) is 0 Å². The largest absolute Gasteiger partial charge is 0.375 e. The van der Waals surface area contributed by atoms with Crippen LogP contribution in [0.1, 0.15) is 68.2 Å². The van der Waals surface area contributed by atoms with Crippen LogP contribution in [0.4, 0.5) is 4.39 Å². The normalized spacial score (nSPS) is 23.2. The molecule has 1 N–H and O–H groups in total. The average Bonchev–Trinajstić information content (AvgIpc) is 3.18. The van der Waals surface area contributed by atoms with Crippen molar-refractivity contribution in [2.24, 2.45) is 0 Å². The first-order valence-electron chi connectivity index (χ1n) is 11.2. The number of ether oxygens (including phenoxy) is 1. The molecule has 2 aliphatic rings. The van der Waals surface area contributed by atoms with Gasteiger partial charge in [-0.05, 0) is 81.3 Å². The molecule has 162 valence electrons. The predicted molar refractivity (Wildman–Crippen MR) is 119 cm³/mol. The number of hydrogen-bond acceptors (Lipinski definition) is 3. The van der Waals surface area contributed by atoms with Gasteiger partial charge in [-0.1, -0.05) is 36.6 Å². The van der Waals surface area contributed by atoms with Crippen LogP contribution in [0.5, 0.6) is 0 Å². The van der Waals surface area contributed by atoms with E-state index >= 15 is 0 Å². The molecular formula is C25H32ClFN2O. The highest BCUT2D eigenvalue weighted by Gasteiger charge is 2.48. The van der Waals surface area contributed by atoms with E-state index in [0.717, 1.165) is 74.5 Å². The summed E-state index contributed by atoms with van der Waals surface area (Å²) in [6.45, 7) is 4.59. The van der Waals surface area contributed by atoms with Crippen molar-refractivity contribution in [3.8, 4) is 0 Å². The number of rotatable bonds is 7. The maximum Gasteiger partial charge on any atom is 0.141 e. The van der Waals surface area contributed by atoms with Gasteiger partial charge >= 0.3 is 0 Å². The van der Waals surface area contributed by atoms with Crippen LogP contribution in [-0.4, -0.2) is 23.7 Å². The first kappa shape index (κ1) is 21.7. The molecule has 30 heavy (non-hydrogen) atoms. The number of pyridine rings is 1. The molecule has 0 bridgehead atoms. The molecule has 3 nitrogen and oxygen atoms in total. The Hall–Kier alpha value is -1.49. The molecule has 2 aromatic rings. The molecular weight excluding hydrogens is 399 g/mol. The van der Waals surface area contributed by atoms with Crippen LogP contribution in [0.25, 0.3) is 0 Å². The van der Waals surface area contributed by atoms with Crippen LogP contribution < -0.4 is 5.32 Å². The molecule has 1 atom stereocenters. The van der Waals surface area contributed by atoms with E-state index < -0.39 is 0 Å². The van der Waals surface area contributed by atoms with Crippen LogP contribution in [0.15, 0.2) is 36.5 Å². The van der Waals surface area contributed by atoms with Crippen LogP contribution in [-0.2, 0) is 16.7 Å². The molecule has 0 amide bonds. The molecule has 0 radical (unpaired) electrons. The summed E-state index contributed by atoms with van der Waals surface area (Å²) in [5.74, 6) is -0.268. The number of nitrogens with one attached hydrogen (secondary N) is 1. The predicted octanol–water partition coefficient (Wildman–Crippen LogP) is 6.11. The molecule has 1 aromatic heterocycles. The number of aromatic nitrogens is 1. The maximum absolute atomic E-state index is 13.5. The van der Waals surface area contributed by atoms with Crippen molar-refractivity contribution in [2.45, 2.75) is 75.9 Å². The number of nitrogens with zero attached hydrogens (tertiary/aromatic N) is 1. The molecule has 2 heterocycles. The third-order valence-corrected chi connectivity index (χ3v) is 7.55. The minimum Gasteiger partial charge on any atom is -0.375 e. The van der Waals surface area contributed by atoms with E-state index in [1.165, 1.54) is 24.6 Å². The Morgan fingerprint density at radius 2 is 2.00 bits per heavy atom. The third kappa shape index (κ3) is 4.71. The highest BCUT2D eigenvalue weighted by Crippen LogP contribution is 2.50. The molecule has 1 aliphatic heterocycles. The molecule has 1 saturated carbocycles. The van der Waals surface area contributed by atoms with Crippen molar-refractivity contribution < 1.29 is 9.13 Å². The number of halogens is 2. The van der Waals surface area contributed by atoms with Crippen LogP contribution >= 0.6 is 11.6 Å². The summed E-state index contributed by atoms with van der Waals surface area (Å²) in [5.41, 5.74) is 3.40. The summed E-state index contributed by atoms with van der Waals surface area (Å²) >= 11 is 6.24. The first-order valence-corrected chi connectivity index (χ1v) is 11.6. The van der Waals surface area contributed by atoms with E-state index in [1.54, 1.807) is 6.07 Å². The molecule has 1 unspecified atom stereocenters. The van der Waals surface area contributed by atoms with Crippen molar-refractivity contribution in [3.05, 3.63) is 64.2 Å². The SMILES string of the molecule is Cc1c(Cl)cccc1CNCCCC1(c2ccc(F)cn2)CCOC2(CCCC2)C1. The van der Waals surface area contributed by atoms with Crippen molar-refractivity contribution in [3.63, 3.8) is 0 Å². The summed E-state index contributed by atoms with van der Waals surface area (Å²) in [4.78, 5) is 4.53.